The summed E-state index contributed by atoms with van der Waals surface area (Å²) in [7, 11) is 0. The predicted octanol–water partition coefficient (Wildman–Crippen LogP) is 4.54. The van der Waals surface area contributed by atoms with Crippen LogP contribution in [-0.4, -0.2) is 21.7 Å². The van der Waals surface area contributed by atoms with E-state index in [-0.39, 0.29) is 0 Å². The molecule has 0 aliphatic carbocycles. The van der Waals surface area contributed by atoms with Gasteiger partial charge in [0, 0.05) is 17.3 Å². The number of anilines is 3. The number of hydrogen-bond donors (Lipinski definition) is 2. The molecule has 0 saturated heterocycles. The fourth-order valence-corrected chi connectivity index (χ4v) is 2.73. The summed E-state index contributed by atoms with van der Waals surface area (Å²) in [6, 6.07) is 14.1. The van der Waals surface area contributed by atoms with Gasteiger partial charge < -0.3 is 10.6 Å². The largest absolute Gasteiger partial charge is 0.368 e. The van der Waals surface area contributed by atoms with Crippen LogP contribution in [0.3, 0.4) is 0 Å². The highest BCUT2D eigenvalue weighted by Gasteiger charge is 2.03. The van der Waals surface area contributed by atoms with Crippen LogP contribution in [0.4, 0.5) is 17.5 Å². The first-order valence-corrected chi connectivity index (χ1v) is 8.50. The number of hydrogen-bond acceptors (Lipinski definition) is 5. The van der Waals surface area contributed by atoms with Gasteiger partial charge in [-0.1, -0.05) is 29.8 Å². The van der Waals surface area contributed by atoms with Gasteiger partial charge in [-0.25, -0.2) is 0 Å². The molecular formula is C19H20ClN5. The third-order valence-electron chi connectivity index (χ3n) is 3.67. The Morgan fingerprint density at radius 2 is 1.72 bits per heavy atom. The average Bonchev–Trinajstić information content (AvgIpc) is 2.56. The van der Waals surface area contributed by atoms with E-state index in [9.17, 15) is 0 Å². The molecule has 0 saturated carbocycles. The lowest BCUT2D eigenvalue weighted by Crippen LogP contribution is -2.08. The molecule has 128 valence electrons. The molecule has 0 radical (unpaired) electrons. The second-order valence-corrected chi connectivity index (χ2v) is 6.41. The number of rotatable bonds is 6. The van der Waals surface area contributed by atoms with E-state index in [0.717, 1.165) is 23.7 Å². The molecule has 2 N–H and O–H groups in total. The Balaban J connectivity index is 1.60. The van der Waals surface area contributed by atoms with Gasteiger partial charge in [0.2, 0.25) is 5.95 Å². The molecule has 1 aromatic heterocycles. The minimum absolute atomic E-state index is 0.474. The van der Waals surface area contributed by atoms with E-state index < -0.39 is 0 Å². The zero-order chi connectivity index (χ0) is 17.6. The smallest absolute Gasteiger partial charge is 0.249 e. The molecule has 3 aromatic rings. The number of nitrogens with one attached hydrogen (secondary N) is 2. The van der Waals surface area contributed by atoms with Crippen LogP contribution in [0, 0.1) is 13.8 Å². The van der Waals surface area contributed by atoms with Gasteiger partial charge in [0.15, 0.2) is 5.82 Å². The van der Waals surface area contributed by atoms with Crippen molar-refractivity contribution in [3.63, 3.8) is 0 Å². The Hall–Kier alpha value is -2.66. The summed E-state index contributed by atoms with van der Waals surface area (Å²) >= 11 is 5.90. The van der Waals surface area contributed by atoms with Crippen molar-refractivity contribution in [3.05, 3.63) is 70.4 Å². The first-order valence-electron chi connectivity index (χ1n) is 8.12. The first kappa shape index (κ1) is 17.2. The van der Waals surface area contributed by atoms with Gasteiger partial charge in [-0.15, -0.1) is 5.10 Å². The maximum atomic E-state index is 5.90. The molecule has 0 spiro atoms. The van der Waals surface area contributed by atoms with Crippen LogP contribution in [0.2, 0.25) is 5.02 Å². The number of benzene rings is 2. The lowest BCUT2D eigenvalue weighted by Gasteiger charge is -2.09. The second-order valence-electron chi connectivity index (χ2n) is 5.97. The van der Waals surface area contributed by atoms with Crippen molar-refractivity contribution in [2.45, 2.75) is 20.3 Å². The normalized spacial score (nSPS) is 10.5. The molecule has 1 heterocycles. The molecule has 3 rings (SSSR count). The highest BCUT2D eigenvalue weighted by molar-refractivity contribution is 6.30. The minimum Gasteiger partial charge on any atom is -0.368 e. The topological polar surface area (TPSA) is 62.7 Å². The average molecular weight is 354 g/mol. The number of nitrogens with zero attached hydrogens (tertiary/aromatic N) is 3. The lowest BCUT2D eigenvalue weighted by molar-refractivity contribution is 0.950. The zero-order valence-electron chi connectivity index (χ0n) is 14.3. The van der Waals surface area contributed by atoms with Crippen molar-refractivity contribution in [1.29, 1.82) is 0 Å². The number of aryl methyl sites for hydroxylation is 2. The van der Waals surface area contributed by atoms with E-state index in [1.807, 2.05) is 24.3 Å². The maximum Gasteiger partial charge on any atom is 0.249 e. The Kier molecular flexibility index (Phi) is 5.46. The molecule has 0 aliphatic heterocycles. The molecule has 0 amide bonds. The van der Waals surface area contributed by atoms with E-state index in [4.69, 9.17) is 11.6 Å². The van der Waals surface area contributed by atoms with Crippen molar-refractivity contribution in [3.8, 4) is 0 Å². The van der Waals surface area contributed by atoms with Gasteiger partial charge in [0.1, 0.15) is 0 Å². The van der Waals surface area contributed by atoms with Crippen LogP contribution in [0.5, 0.6) is 0 Å². The van der Waals surface area contributed by atoms with E-state index in [1.54, 1.807) is 6.20 Å². The van der Waals surface area contributed by atoms with Gasteiger partial charge in [0.25, 0.3) is 0 Å². The molecule has 0 fully saturated rings. The summed E-state index contributed by atoms with van der Waals surface area (Å²) in [5, 5.41) is 15.3. The Morgan fingerprint density at radius 3 is 2.44 bits per heavy atom. The van der Waals surface area contributed by atoms with Crippen LogP contribution in [0.25, 0.3) is 0 Å². The quantitative estimate of drug-likeness (QED) is 0.681. The predicted molar refractivity (Wildman–Crippen MR) is 103 cm³/mol. The van der Waals surface area contributed by atoms with E-state index in [1.165, 1.54) is 16.7 Å². The van der Waals surface area contributed by atoms with Gasteiger partial charge in [-0.3, -0.25) is 0 Å². The lowest BCUT2D eigenvalue weighted by atomic mass is 10.1. The van der Waals surface area contributed by atoms with Crippen molar-refractivity contribution < 1.29 is 0 Å². The third kappa shape index (κ3) is 5.16. The monoisotopic (exact) mass is 353 g/mol. The van der Waals surface area contributed by atoms with Gasteiger partial charge in [0.05, 0.1) is 6.20 Å². The Bertz CT molecular complexity index is 828. The van der Waals surface area contributed by atoms with Crippen molar-refractivity contribution in [2.75, 3.05) is 17.2 Å². The van der Waals surface area contributed by atoms with Crippen LogP contribution < -0.4 is 10.6 Å². The maximum absolute atomic E-state index is 5.90. The molecule has 25 heavy (non-hydrogen) atoms. The highest BCUT2D eigenvalue weighted by atomic mass is 35.5. The van der Waals surface area contributed by atoms with Crippen LogP contribution in [0.15, 0.2) is 48.7 Å². The molecule has 5 nitrogen and oxygen atoms in total. The number of aromatic nitrogens is 3. The molecular weight excluding hydrogens is 334 g/mol. The molecule has 2 aromatic carbocycles. The molecule has 0 atom stereocenters. The fourth-order valence-electron chi connectivity index (χ4n) is 2.60. The summed E-state index contributed by atoms with van der Waals surface area (Å²) in [5.74, 6) is 1.16. The van der Waals surface area contributed by atoms with Crippen molar-refractivity contribution in [2.24, 2.45) is 0 Å². The molecule has 6 heteroatoms. The standard InChI is InChI=1S/C19H20ClN5/c1-13-9-14(2)11-17(10-13)23-19-24-18(12-22-25-19)21-8-7-15-3-5-16(20)6-4-15/h3-6,9-12H,7-8H2,1-2H3,(H2,21,23,24,25). The number of halogens is 1. The van der Waals surface area contributed by atoms with Crippen molar-refractivity contribution >= 4 is 29.1 Å². The van der Waals surface area contributed by atoms with Gasteiger partial charge in [-0.05, 0) is 61.2 Å². The highest BCUT2D eigenvalue weighted by Crippen LogP contribution is 2.17. The van der Waals surface area contributed by atoms with E-state index >= 15 is 0 Å². The second kappa shape index (κ2) is 7.94. The Labute approximate surface area is 152 Å². The third-order valence-corrected chi connectivity index (χ3v) is 3.92. The summed E-state index contributed by atoms with van der Waals surface area (Å²) in [5.41, 5.74) is 4.55. The Morgan fingerprint density at radius 1 is 1.00 bits per heavy atom. The molecule has 0 aliphatic rings. The van der Waals surface area contributed by atoms with Crippen LogP contribution in [0.1, 0.15) is 16.7 Å². The zero-order valence-corrected chi connectivity index (χ0v) is 15.0. The summed E-state index contributed by atoms with van der Waals surface area (Å²) in [4.78, 5) is 4.46. The van der Waals surface area contributed by atoms with Gasteiger partial charge >= 0.3 is 0 Å². The summed E-state index contributed by atoms with van der Waals surface area (Å²) in [6.45, 7) is 4.88. The SMILES string of the molecule is Cc1cc(C)cc(Nc2nncc(NCCc3ccc(Cl)cc3)n2)c1. The molecule has 0 bridgehead atoms. The van der Waals surface area contributed by atoms with Gasteiger partial charge in [-0.2, -0.15) is 10.1 Å². The molecule has 0 unspecified atom stereocenters. The fraction of sp³-hybridized carbons (Fsp3) is 0.211. The van der Waals surface area contributed by atoms with Crippen LogP contribution >= 0.6 is 11.6 Å². The first-order chi connectivity index (χ1) is 12.1. The summed E-state index contributed by atoms with van der Waals surface area (Å²) in [6.07, 6.45) is 2.50. The van der Waals surface area contributed by atoms with E-state index in [0.29, 0.717) is 11.8 Å². The van der Waals surface area contributed by atoms with E-state index in [2.05, 4.69) is 57.9 Å². The minimum atomic E-state index is 0.474. The van der Waals surface area contributed by atoms with Crippen LogP contribution in [-0.2, 0) is 6.42 Å². The van der Waals surface area contributed by atoms with Crippen molar-refractivity contribution in [1.82, 2.24) is 15.2 Å². The summed E-state index contributed by atoms with van der Waals surface area (Å²) < 4.78 is 0.